The number of nitrogens with one attached hydrogen (secondary N) is 1. The van der Waals surface area contributed by atoms with Gasteiger partial charge in [0.1, 0.15) is 6.07 Å². The number of nitrogens with zero attached hydrogens (tertiary/aromatic N) is 1. The minimum absolute atomic E-state index is 0.154. The molecule has 80 valence electrons. The van der Waals surface area contributed by atoms with E-state index in [9.17, 15) is 0 Å². The van der Waals surface area contributed by atoms with Crippen LogP contribution in [0, 0.1) is 24.2 Å². The van der Waals surface area contributed by atoms with Gasteiger partial charge in [0.15, 0.2) is 0 Å². The highest BCUT2D eigenvalue weighted by Crippen LogP contribution is 2.19. The Bertz CT molecular complexity index is 368. The Balaban J connectivity index is 2.80. The highest BCUT2D eigenvalue weighted by atomic mass is 16.3. The molecule has 1 aromatic rings. The molecule has 0 spiro atoms. The van der Waals surface area contributed by atoms with Crippen LogP contribution in [0.15, 0.2) is 18.2 Å². The molecule has 0 saturated heterocycles. The Hall–Kier alpha value is -1.53. The largest absolute Gasteiger partial charge is 0.396 e. The molecule has 3 nitrogen and oxygen atoms in total. The summed E-state index contributed by atoms with van der Waals surface area (Å²) in [6.07, 6.45) is 0. The Morgan fingerprint density at radius 2 is 2.27 bits per heavy atom. The van der Waals surface area contributed by atoms with Crippen LogP contribution in [0.2, 0.25) is 0 Å². The first-order chi connectivity index (χ1) is 7.19. The number of para-hydroxylation sites is 1. The highest BCUT2D eigenvalue weighted by molar-refractivity contribution is 5.62. The Labute approximate surface area is 90.4 Å². The van der Waals surface area contributed by atoms with Crippen LogP contribution in [0.4, 0.5) is 5.69 Å². The summed E-state index contributed by atoms with van der Waals surface area (Å²) in [5.41, 5.74) is 2.58. The molecule has 0 bridgehead atoms. The molecule has 1 aromatic carbocycles. The number of benzene rings is 1. The maximum Gasteiger partial charge on any atom is 0.101 e. The van der Waals surface area contributed by atoms with Crippen LogP contribution in [0.1, 0.15) is 18.1 Å². The number of nitriles is 1. The molecule has 1 unspecified atom stereocenters. The Kier molecular flexibility index (Phi) is 4.14. The fourth-order valence-corrected chi connectivity index (χ4v) is 1.34. The summed E-state index contributed by atoms with van der Waals surface area (Å²) < 4.78 is 0. The van der Waals surface area contributed by atoms with E-state index in [1.165, 1.54) is 0 Å². The molecule has 0 amide bonds. The van der Waals surface area contributed by atoms with Crippen molar-refractivity contribution in [2.24, 2.45) is 5.92 Å². The molecule has 0 radical (unpaired) electrons. The Morgan fingerprint density at radius 3 is 2.87 bits per heavy atom. The predicted octanol–water partition coefficient (Wildman–Crippen LogP) is 1.91. The van der Waals surface area contributed by atoms with Gasteiger partial charge in [0.25, 0.3) is 0 Å². The average molecular weight is 204 g/mol. The quantitative estimate of drug-likeness (QED) is 0.787. The lowest BCUT2D eigenvalue weighted by Gasteiger charge is -2.14. The van der Waals surface area contributed by atoms with Gasteiger partial charge in [-0.05, 0) is 24.5 Å². The predicted molar refractivity (Wildman–Crippen MR) is 60.6 cm³/mol. The number of aliphatic hydroxyl groups is 1. The van der Waals surface area contributed by atoms with Crippen molar-refractivity contribution in [3.05, 3.63) is 29.3 Å². The third-order valence-corrected chi connectivity index (χ3v) is 2.33. The van der Waals surface area contributed by atoms with Crippen molar-refractivity contribution in [3.63, 3.8) is 0 Å². The summed E-state index contributed by atoms with van der Waals surface area (Å²) in [7, 11) is 0. The van der Waals surface area contributed by atoms with E-state index in [0.717, 1.165) is 11.3 Å². The zero-order chi connectivity index (χ0) is 11.3. The minimum atomic E-state index is 0.154. The van der Waals surface area contributed by atoms with E-state index in [1.54, 1.807) is 6.07 Å². The number of aryl methyl sites for hydroxylation is 1. The third-order valence-electron chi connectivity index (χ3n) is 2.33. The second-order valence-electron chi connectivity index (χ2n) is 3.78. The molecule has 1 atom stereocenters. The molecule has 3 heteroatoms. The SMILES string of the molecule is Cc1cccc(C#N)c1NCC(C)CO. The maximum atomic E-state index is 8.93. The van der Waals surface area contributed by atoms with E-state index in [-0.39, 0.29) is 12.5 Å². The topological polar surface area (TPSA) is 56.0 Å². The first kappa shape index (κ1) is 11.5. The molecule has 0 aliphatic heterocycles. The van der Waals surface area contributed by atoms with Gasteiger partial charge in [0.2, 0.25) is 0 Å². The van der Waals surface area contributed by atoms with Gasteiger partial charge in [-0.25, -0.2) is 0 Å². The highest BCUT2D eigenvalue weighted by Gasteiger charge is 2.06. The molecule has 0 saturated carbocycles. The van der Waals surface area contributed by atoms with Gasteiger partial charge < -0.3 is 10.4 Å². The van der Waals surface area contributed by atoms with Gasteiger partial charge in [-0.2, -0.15) is 5.26 Å². The van der Waals surface area contributed by atoms with Crippen LogP contribution in [0.5, 0.6) is 0 Å². The van der Waals surface area contributed by atoms with Crippen molar-refractivity contribution in [1.29, 1.82) is 5.26 Å². The number of hydrogen-bond acceptors (Lipinski definition) is 3. The standard InChI is InChI=1S/C12H16N2O/c1-9(8-15)7-14-12-10(2)4-3-5-11(12)6-13/h3-5,9,14-15H,7-8H2,1-2H3. The minimum Gasteiger partial charge on any atom is -0.396 e. The van der Waals surface area contributed by atoms with Crippen LogP contribution in [0.25, 0.3) is 0 Å². The molecule has 1 rings (SSSR count). The van der Waals surface area contributed by atoms with E-state index in [0.29, 0.717) is 12.1 Å². The number of hydrogen-bond donors (Lipinski definition) is 2. The zero-order valence-corrected chi connectivity index (χ0v) is 9.12. The lowest BCUT2D eigenvalue weighted by molar-refractivity contribution is 0.244. The van der Waals surface area contributed by atoms with E-state index in [4.69, 9.17) is 10.4 Å². The Morgan fingerprint density at radius 1 is 1.53 bits per heavy atom. The molecule has 0 fully saturated rings. The normalized spacial score (nSPS) is 11.9. The second kappa shape index (κ2) is 5.38. The van der Waals surface area contributed by atoms with E-state index >= 15 is 0 Å². The van der Waals surface area contributed by atoms with Crippen molar-refractivity contribution in [1.82, 2.24) is 0 Å². The molecule has 2 N–H and O–H groups in total. The van der Waals surface area contributed by atoms with Crippen LogP contribution < -0.4 is 5.32 Å². The lowest BCUT2D eigenvalue weighted by Crippen LogP contribution is -2.15. The van der Waals surface area contributed by atoms with Gasteiger partial charge in [0.05, 0.1) is 11.3 Å². The summed E-state index contributed by atoms with van der Waals surface area (Å²) in [6, 6.07) is 7.78. The van der Waals surface area contributed by atoms with Crippen LogP contribution in [-0.4, -0.2) is 18.3 Å². The number of rotatable bonds is 4. The van der Waals surface area contributed by atoms with E-state index in [1.807, 2.05) is 26.0 Å². The lowest BCUT2D eigenvalue weighted by atomic mass is 10.1. The molecule has 0 aromatic heterocycles. The van der Waals surface area contributed by atoms with Crippen molar-refractivity contribution in [3.8, 4) is 6.07 Å². The zero-order valence-electron chi connectivity index (χ0n) is 9.12. The van der Waals surface area contributed by atoms with Gasteiger partial charge >= 0.3 is 0 Å². The molecular weight excluding hydrogens is 188 g/mol. The van der Waals surface area contributed by atoms with Gasteiger partial charge in [-0.3, -0.25) is 0 Å². The fourth-order valence-electron chi connectivity index (χ4n) is 1.34. The van der Waals surface area contributed by atoms with Crippen molar-refractivity contribution in [2.75, 3.05) is 18.5 Å². The summed E-state index contributed by atoms with van der Waals surface area (Å²) in [6.45, 7) is 4.75. The molecule has 0 aliphatic carbocycles. The first-order valence-electron chi connectivity index (χ1n) is 5.03. The second-order valence-corrected chi connectivity index (χ2v) is 3.78. The fraction of sp³-hybridized carbons (Fsp3) is 0.417. The summed E-state index contributed by atoms with van der Waals surface area (Å²) in [5.74, 6) is 0.191. The van der Waals surface area contributed by atoms with Crippen LogP contribution >= 0.6 is 0 Å². The summed E-state index contributed by atoms with van der Waals surface area (Å²) in [4.78, 5) is 0. The smallest absolute Gasteiger partial charge is 0.101 e. The van der Waals surface area contributed by atoms with Gasteiger partial charge in [0, 0.05) is 13.2 Å². The van der Waals surface area contributed by atoms with E-state index in [2.05, 4.69) is 11.4 Å². The van der Waals surface area contributed by atoms with Crippen LogP contribution in [-0.2, 0) is 0 Å². The monoisotopic (exact) mass is 204 g/mol. The molecule has 15 heavy (non-hydrogen) atoms. The van der Waals surface area contributed by atoms with E-state index < -0.39 is 0 Å². The van der Waals surface area contributed by atoms with Gasteiger partial charge in [-0.1, -0.05) is 19.1 Å². The third kappa shape index (κ3) is 2.97. The van der Waals surface area contributed by atoms with Crippen LogP contribution in [0.3, 0.4) is 0 Å². The van der Waals surface area contributed by atoms with Gasteiger partial charge in [-0.15, -0.1) is 0 Å². The molecule has 0 heterocycles. The summed E-state index contributed by atoms with van der Waals surface area (Å²) in [5, 5.41) is 21.0. The number of aliphatic hydroxyl groups excluding tert-OH is 1. The molecular formula is C12H16N2O. The van der Waals surface area contributed by atoms with Crippen molar-refractivity contribution >= 4 is 5.69 Å². The maximum absolute atomic E-state index is 8.93. The van der Waals surface area contributed by atoms with Crippen molar-refractivity contribution in [2.45, 2.75) is 13.8 Å². The van der Waals surface area contributed by atoms with Crippen molar-refractivity contribution < 1.29 is 5.11 Å². The summed E-state index contributed by atoms with van der Waals surface area (Å²) >= 11 is 0. The number of anilines is 1. The first-order valence-corrected chi connectivity index (χ1v) is 5.03. The molecule has 0 aliphatic rings. The average Bonchev–Trinajstić information content (AvgIpc) is 2.26.